The van der Waals surface area contributed by atoms with Crippen LogP contribution < -0.4 is 21.0 Å². The van der Waals surface area contributed by atoms with Crippen LogP contribution in [0.15, 0.2) is 48.7 Å². The van der Waals surface area contributed by atoms with Crippen LogP contribution in [0.2, 0.25) is 5.02 Å². The number of nitrogens with zero attached hydrogens (tertiary/aromatic N) is 2. The summed E-state index contributed by atoms with van der Waals surface area (Å²) in [5.74, 6) is -3.88. The van der Waals surface area contributed by atoms with Crippen molar-refractivity contribution < 1.29 is 27.3 Å². The summed E-state index contributed by atoms with van der Waals surface area (Å²) in [6.45, 7) is 2.98. The molecule has 1 saturated heterocycles. The van der Waals surface area contributed by atoms with Gasteiger partial charge < -0.3 is 20.1 Å². The van der Waals surface area contributed by atoms with E-state index in [-0.39, 0.29) is 45.9 Å². The lowest BCUT2D eigenvalue weighted by Gasteiger charge is -2.20. The Morgan fingerprint density at radius 3 is 2.56 bits per heavy atom. The molecule has 3 aromatic rings. The van der Waals surface area contributed by atoms with Crippen LogP contribution >= 0.6 is 18.7 Å². The van der Waals surface area contributed by atoms with Gasteiger partial charge in [0.15, 0.2) is 11.6 Å². The van der Waals surface area contributed by atoms with E-state index >= 15 is 8.78 Å². The molecule has 1 unspecified atom stereocenters. The number of pyridine rings is 1. The molecule has 0 radical (unpaired) electrons. The van der Waals surface area contributed by atoms with Crippen LogP contribution in [0.25, 0.3) is 11.1 Å². The molecule has 1 aliphatic heterocycles. The molecule has 1 atom stereocenters. The van der Waals surface area contributed by atoms with E-state index < -0.39 is 42.6 Å². The van der Waals surface area contributed by atoms with Crippen LogP contribution in [-0.2, 0) is 9.36 Å². The van der Waals surface area contributed by atoms with Gasteiger partial charge in [-0.15, -0.1) is 0 Å². The van der Waals surface area contributed by atoms with Crippen molar-refractivity contribution in [3.05, 3.63) is 71.1 Å². The second kappa shape index (κ2) is 9.95. The monoisotopic (exact) mass is 536 g/mol. The van der Waals surface area contributed by atoms with E-state index in [9.17, 15) is 18.5 Å². The molecule has 188 valence electrons. The summed E-state index contributed by atoms with van der Waals surface area (Å²) in [5, 5.41) is 4.85. The molecule has 2 heterocycles. The van der Waals surface area contributed by atoms with Gasteiger partial charge in [0.25, 0.3) is 0 Å². The number of aromatic nitrogens is 1. The zero-order chi connectivity index (χ0) is 26.2. The SMILES string of the molecule is CP(C)(=O)c1ncccc1-c1ccc(N2CCC(NC(=O)Nc3ccc(Cl)cc3F)C2=O)c(F)c1F. The minimum atomic E-state index is -2.89. The summed E-state index contributed by atoms with van der Waals surface area (Å²) in [4.78, 5) is 30.3. The van der Waals surface area contributed by atoms with Gasteiger partial charge in [-0.05, 0) is 56.1 Å². The quantitative estimate of drug-likeness (QED) is 0.449. The second-order valence-corrected chi connectivity index (χ2v) is 12.1. The second-order valence-electron chi connectivity index (χ2n) is 8.54. The molecule has 2 aromatic carbocycles. The molecular weight excluding hydrogens is 516 g/mol. The van der Waals surface area contributed by atoms with Gasteiger partial charge >= 0.3 is 6.03 Å². The highest BCUT2D eigenvalue weighted by Gasteiger charge is 2.36. The van der Waals surface area contributed by atoms with Crippen molar-refractivity contribution in [3.8, 4) is 11.1 Å². The average molecular weight is 537 g/mol. The lowest BCUT2D eigenvalue weighted by molar-refractivity contribution is -0.118. The first-order valence-electron chi connectivity index (χ1n) is 10.8. The number of amides is 3. The molecule has 2 N–H and O–H groups in total. The zero-order valence-corrected chi connectivity index (χ0v) is 20.8. The standard InChI is InChI=1S/C24H21ClF3N4O3P/c1-36(2,35)22-15(4-3-10-29-22)14-6-8-19(21(28)20(14)27)32-11-9-18(23(32)33)31-24(34)30-17-7-5-13(25)12-16(17)26/h3-8,10,12,18H,9,11H2,1-2H3,(H2,30,31,34). The Bertz CT molecular complexity index is 1420. The molecule has 0 aliphatic carbocycles. The van der Waals surface area contributed by atoms with Crippen molar-refractivity contribution in [2.45, 2.75) is 12.5 Å². The maximum atomic E-state index is 15.2. The molecule has 0 saturated carbocycles. The van der Waals surface area contributed by atoms with Crippen molar-refractivity contribution in [2.75, 3.05) is 30.1 Å². The van der Waals surface area contributed by atoms with Gasteiger partial charge in [-0.25, -0.2) is 18.0 Å². The molecule has 1 aliphatic rings. The molecule has 36 heavy (non-hydrogen) atoms. The van der Waals surface area contributed by atoms with Crippen molar-refractivity contribution in [3.63, 3.8) is 0 Å². The number of benzene rings is 2. The van der Waals surface area contributed by atoms with Gasteiger partial charge in [-0.1, -0.05) is 17.7 Å². The van der Waals surface area contributed by atoms with Crippen molar-refractivity contribution in [1.29, 1.82) is 0 Å². The maximum Gasteiger partial charge on any atom is 0.319 e. The first-order chi connectivity index (χ1) is 17.0. The summed E-state index contributed by atoms with van der Waals surface area (Å²) in [6.07, 6.45) is 1.55. The van der Waals surface area contributed by atoms with Crippen LogP contribution in [0.3, 0.4) is 0 Å². The Morgan fingerprint density at radius 1 is 1.11 bits per heavy atom. The Balaban J connectivity index is 1.53. The summed E-state index contributed by atoms with van der Waals surface area (Å²) in [7, 11) is -2.89. The topological polar surface area (TPSA) is 91.4 Å². The van der Waals surface area contributed by atoms with E-state index in [4.69, 9.17) is 11.6 Å². The highest BCUT2D eigenvalue weighted by molar-refractivity contribution is 7.70. The number of hydrogen-bond acceptors (Lipinski definition) is 4. The Morgan fingerprint density at radius 2 is 1.86 bits per heavy atom. The first kappa shape index (κ1) is 25.7. The number of nitrogens with one attached hydrogen (secondary N) is 2. The third-order valence-corrected chi connectivity index (χ3v) is 7.24. The van der Waals surface area contributed by atoms with E-state index in [2.05, 4.69) is 15.6 Å². The number of urea groups is 1. The molecule has 12 heteroatoms. The average Bonchev–Trinajstić information content (AvgIpc) is 3.16. The Kier molecular flexibility index (Phi) is 7.11. The summed E-state index contributed by atoms with van der Waals surface area (Å²) in [5.41, 5.74) is -0.195. The summed E-state index contributed by atoms with van der Waals surface area (Å²) < 4.78 is 56.8. The van der Waals surface area contributed by atoms with Gasteiger partial charge in [-0.3, -0.25) is 9.78 Å². The van der Waals surface area contributed by atoms with Crippen LogP contribution in [0.5, 0.6) is 0 Å². The summed E-state index contributed by atoms with van der Waals surface area (Å²) >= 11 is 5.69. The number of rotatable bonds is 5. The van der Waals surface area contributed by atoms with Crippen LogP contribution in [-0.4, -0.2) is 42.8 Å². The van der Waals surface area contributed by atoms with Gasteiger partial charge in [0, 0.05) is 28.9 Å². The fourth-order valence-corrected chi connectivity index (χ4v) is 5.23. The molecule has 3 amide bonds. The normalized spacial score (nSPS) is 15.8. The van der Waals surface area contributed by atoms with Crippen LogP contribution in [0.4, 0.5) is 29.3 Å². The van der Waals surface area contributed by atoms with Gasteiger partial charge in [-0.2, -0.15) is 0 Å². The predicted octanol–water partition coefficient (Wildman–Crippen LogP) is 4.99. The highest BCUT2D eigenvalue weighted by atomic mass is 35.5. The maximum absolute atomic E-state index is 15.2. The number of anilines is 2. The van der Waals surface area contributed by atoms with E-state index in [0.717, 1.165) is 11.0 Å². The van der Waals surface area contributed by atoms with E-state index in [1.165, 1.54) is 55.9 Å². The molecule has 7 nitrogen and oxygen atoms in total. The number of carbonyl (C=O) groups is 2. The molecule has 4 rings (SSSR count). The van der Waals surface area contributed by atoms with Gasteiger partial charge in [0.1, 0.15) is 24.4 Å². The third-order valence-electron chi connectivity index (χ3n) is 5.63. The third kappa shape index (κ3) is 5.10. The number of halogens is 4. The number of carbonyl (C=O) groups excluding carboxylic acids is 2. The lowest BCUT2D eigenvalue weighted by atomic mass is 10.1. The predicted molar refractivity (Wildman–Crippen MR) is 133 cm³/mol. The van der Waals surface area contributed by atoms with E-state index in [1.54, 1.807) is 0 Å². The van der Waals surface area contributed by atoms with Crippen molar-refractivity contribution in [2.24, 2.45) is 0 Å². The fraction of sp³-hybridized carbons (Fsp3) is 0.208. The summed E-state index contributed by atoms with van der Waals surface area (Å²) in [6, 6.07) is 7.39. The number of hydrogen-bond donors (Lipinski definition) is 2. The Labute approximate surface area is 210 Å². The molecule has 1 fully saturated rings. The lowest BCUT2D eigenvalue weighted by Crippen LogP contribution is -2.43. The van der Waals surface area contributed by atoms with E-state index in [0.29, 0.717) is 0 Å². The first-order valence-corrected chi connectivity index (χ1v) is 13.8. The van der Waals surface area contributed by atoms with E-state index in [1.807, 2.05) is 0 Å². The van der Waals surface area contributed by atoms with Gasteiger partial charge in [0.2, 0.25) is 5.91 Å². The minimum absolute atomic E-state index is 0.0199. The smallest absolute Gasteiger partial charge is 0.319 e. The molecule has 0 spiro atoms. The zero-order valence-electron chi connectivity index (χ0n) is 19.2. The molecule has 1 aromatic heterocycles. The van der Waals surface area contributed by atoms with Crippen molar-refractivity contribution >= 4 is 47.5 Å². The minimum Gasteiger partial charge on any atom is -0.326 e. The van der Waals surface area contributed by atoms with Crippen LogP contribution in [0.1, 0.15) is 6.42 Å². The highest BCUT2D eigenvalue weighted by Crippen LogP contribution is 2.39. The largest absolute Gasteiger partial charge is 0.326 e. The van der Waals surface area contributed by atoms with Gasteiger partial charge in [0.05, 0.1) is 11.4 Å². The van der Waals surface area contributed by atoms with Crippen LogP contribution in [0, 0.1) is 17.5 Å². The molecule has 0 bridgehead atoms. The van der Waals surface area contributed by atoms with Crippen molar-refractivity contribution in [1.82, 2.24) is 10.3 Å². The molecular formula is C24H21ClF3N4O3P. The fourth-order valence-electron chi connectivity index (χ4n) is 3.95. The Hall–Kier alpha value is -3.36.